The third-order valence-electron chi connectivity index (χ3n) is 3.00. The predicted octanol–water partition coefficient (Wildman–Crippen LogP) is 4.01. The van der Waals surface area contributed by atoms with Gasteiger partial charge in [0.1, 0.15) is 4.83 Å². The topological polar surface area (TPSA) is 56.2 Å². The fourth-order valence-corrected chi connectivity index (χ4v) is 6.04. The van der Waals surface area contributed by atoms with Gasteiger partial charge in [-0.25, -0.2) is 0 Å². The second-order valence-corrected chi connectivity index (χ2v) is 9.11. The van der Waals surface area contributed by atoms with Crippen molar-refractivity contribution in [2.24, 2.45) is 0 Å². The first kappa shape index (κ1) is 15.9. The molecule has 2 N–H and O–H groups in total. The first-order valence-corrected chi connectivity index (χ1v) is 9.23. The number of rotatable bonds is 1. The zero-order valence-electron chi connectivity index (χ0n) is 9.85. The Labute approximate surface area is 148 Å². The number of guanidine groups is 1. The molecule has 0 unspecified atom stereocenters. The summed E-state index contributed by atoms with van der Waals surface area (Å²) in [5.74, 6) is -0.0467. The van der Waals surface area contributed by atoms with Crippen LogP contribution in [0.5, 0.6) is 0 Å². The van der Waals surface area contributed by atoms with Gasteiger partial charge in [0.15, 0.2) is 5.96 Å². The van der Waals surface area contributed by atoms with Gasteiger partial charge in [-0.1, -0.05) is 15.9 Å². The molecule has 0 spiro atoms. The molecule has 104 valence electrons. The van der Waals surface area contributed by atoms with Crippen molar-refractivity contribution in [2.45, 2.75) is 17.3 Å². The highest BCUT2D eigenvalue weighted by molar-refractivity contribution is 9.14. The molecule has 1 saturated heterocycles. The van der Waals surface area contributed by atoms with E-state index in [1.807, 2.05) is 6.92 Å². The van der Waals surface area contributed by atoms with Crippen molar-refractivity contribution < 1.29 is 4.79 Å². The molecule has 0 radical (unpaired) electrons. The van der Waals surface area contributed by atoms with E-state index in [4.69, 9.17) is 5.41 Å². The average molecular weight is 539 g/mol. The minimum absolute atomic E-state index is 0.0933. The van der Waals surface area contributed by atoms with Crippen molar-refractivity contribution >= 4 is 86.9 Å². The number of hydrogen-bond acceptors (Lipinski definition) is 3. The van der Waals surface area contributed by atoms with Gasteiger partial charge in [0.25, 0.3) is 0 Å². The van der Waals surface area contributed by atoms with Crippen molar-refractivity contribution in [3.63, 3.8) is 0 Å². The van der Waals surface area contributed by atoms with Gasteiger partial charge in [-0.15, -0.1) is 11.3 Å². The molecule has 2 heterocycles. The van der Waals surface area contributed by atoms with E-state index in [0.717, 1.165) is 17.6 Å². The van der Waals surface area contributed by atoms with E-state index in [-0.39, 0.29) is 11.9 Å². The Morgan fingerprint density at radius 1 is 1.37 bits per heavy atom. The molecule has 2 atom stereocenters. The summed E-state index contributed by atoms with van der Waals surface area (Å²) in [4.78, 5) is 14.0. The smallest absolute Gasteiger partial charge is 0.245 e. The zero-order valence-corrected chi connectivity index (χ0v) is 17.0. The van der Waals surface area contributed by atoms with Crippen LogP contribution >= 0.6 is 75.1 Å². The zero-order chi connectivity index (χ0) is 14.5. The van der Waals surface area contributed by atoms with Crippen LogP contribution in [0.4, 0.5) is 0 Å². The van der Waals surface area contributed by atoms with Crippen LogP contribution < -0.4 is 5.32 Å². The number of carbonyl (C=O) groups is 1. The number of halogens is 4. The van der Waals surface area contributed by atoms with Gasteiger partial charge < -0.3 is 5.32 Å². The monoisotopic (exact) mass is 535 g/mol. The fraction of sp³-hybridized carbons (Fsp3) is 0.400. The lowest BCUT2D eigenvalue weighted by molar-refractivity contribution is -0.128. The number of hydrogen-bond donors (Lipinski definition) is 2. The summed E-state index contributed by atoms with van der Waals surface area (Å²) in [6, 6.07) is 0. The molecule has 1 aromatic heterocycles. The van der Waals surface area contributed by atoms with E-state index in [2.05, 4.69) is 69.0 Å². The second-order valence-electron chi connectivity index (χ2n) is 4.27. The number of nitrogens with one attached hydrogen (secondary N) is 2. The summed E-state index contributed by atoms with van der Waals surface area (Å²) in [5, 5.41) is 11.0. The van der Waals surface area contributed by atoms with Crippen molar-refractivity contribution in [1.29, 1.82) is 5.41 Å². The Bertz CT molecular complexity index is 575. The number of nitrogens with zero attached hydrogens (tertiary/aromatic N) is 1. The SMILES string of the molecule is CN1C(=N)N[C@](C)(c2sc(Br)c(Br)c2Br)[C@@H](Br)C1=O. The molecule has 0 aromatic carbocycles. The van der Waals surface area contributed by atoms with E-state index >= 15 is 0 Å². The van der Waals surface area contributed by atoms with E-state index < -0.39 is 10.4 Å². The van der Waals surface area contributed by atoms with E-state index in [1.54, 1.807) is 7.05 Å². The van der Waals surface area contributed by atoms with Gasteiger partial charge in [0.05, 0.1) is 13.8 Å². The van der Waals surface area contributed by atoms with Crippen LogP contribution in [0.1, 0.15) is 11.8 Å². The quantitative estimate of drug-likeness (QED) is 0.531. The van der Waals surface area contributed by atoms with Crippen LogP contribution in [-0.2, 0) is 10.3 Å². The van der Waals surface area contributed by atoms with E-state index in [9.17, 15) is 4.79 Å². The maximum Gasteiger partial charge on any atom is 0.245 e. The first-order chi connectivity index (χ1) is 8.70. The molecular weight excluding hydrogens is 530 g/mol. The molecule has 0 aliphatic carbocycles. The Hall–Kier alpha value is 0.560. The van der Waals surface area contributed by atoms with Crippen molar-refractivity contribution in [3.05, 3.63) is 17.6 Å². The molecule has 1 aliphatic rings. The van der Waals surface area contributed by atoms with Crippen LogP contribution in [0, 0.1) is 5.41 Å². The number of carbonyl (C=O) groups excluding carboxylic acids is 1. The molecule has 2 rings (SSSR count). The molecule has 9 heteroatoms. The highest BCUT2D eigenvalue weighted by Gasteiger charge is 2.48. The molecule has 4 nitrogen and oxygen atoms in total. The molecular formula is C10H9Br4N3OS. The average Bonchev–Trinajstić information content (AvgIpc) is 2.62. The second kappa shape index (κ2) is 5.40. The standard InChI is InChI=1S/C10H9Br4N3OS/c1-10(6-3(11)4(12)7(14)19-6)5(13)8(18)17(2)9(15)16-10/h5H,1-2H3,(H2,15,16)/t5-,10-/m0/s1. The summed E-state index contributed by atoms with van der Waals surface area (Å²) in [5.41, 5.74) is -0.682. The summed E-state index contributed by atoms with van der Waals surface area (Å²) < 4.78 is 2.73. The predicted molar refractivity (Wildman–Crippen MR) is 91.1 cm³/mol. The minimum atomic E-state index is -0.682. The molecule has 0 bridgehead atoms. The molecule has 19 heavy (non-hydrogen) atoms. The molecule has 0 saturated carbocycles. The lowest BCUT2D eigenvalue weighted by Crippen LogP contribution is -2.64. The lowest BCUT2D eigenvalue weighted by atomic mass is 9.93. The maximum absolute atomic E-state index is 12.2. The maximum atomic E-state index is 12.2. The van der Waals surface area contributed by atoms with Crippen molar-refractivity contribution in [2.75, 3.05) is 7.05 Å². The van der Waals surface area contributed by atoms with Gasteiger partial charge in [-0.05, 0) is 54.7 Å². The van der Waals surface area contributed by atoms with Crippen LogP contribution in [0.2, 0.25) is 0 Å². The number of amides is 1. The summed E-state index contributed by atoms with van der Waals surface area (Å²) >= 11 is 15.5. The molecule has 1 aromatic rings. The Morgan fingerprint density at radius 2 is 1.95 bits per heavy atom. The van der Waals surface area contributed by atoms with Gasteiger partial charge >= 0.3 is 0 Å². The number of alkyl halides is 1. The Balaban J connectivity index is 2.55. The van der Waals surface area contributed by atoms with Crippen LogP contribution in [0.3, 0.4) is 0 Å². The molecule has 1 amide bonds. The number of thiophene rings is 1. The molecule has 1 fully saturated rings. The summed E-state index contributed by atoms with van der Waals surface area (Å²) in [7, 11) is 1.58. The largest absolute Gasteiger partial charge is 0.344 e. The Kier molecular flexibility index (Phi) is 4.53. The minimum Gasteiger partial charge on any atom is -0.344 e. The highest BCUT2D eigenvalue weighted by atomic mass is 79.9. The van der Waals surface area contributed by atoms with Gasteiger partial charge in [0, 0.05) is 16.4 Å². The van der Waals surface area contributed by atoms with Crippen molar-refractivity contribution in [1.82, 2.24) is 10.2 Å². The van der Waals surface area contributed by atoms with Crippen LogP contribution in [0.15, 0.2) is 12.7 Å². The van der Waals surface area contributed by atoms with E-state index in [1.165, 1.54) is 16.2 Å². The highest BCUT2D eigenvalue weighted by Crippen LogP contribution is 2.48. The third kappa shape index (κ3) is 2.45. The first-order valence-electron chi connectivity index (χ1n) is 5.12. The van der Waals surface area contributed by atoms with Crippen LogP contribution in [-0.4, -0.2) is 28.6 Å². The van der Waals surface area contributed by atoms with Crippen LogP contribution in [0.25, 0.3) is 0 Å². The molecule has 1 aliphatic heterocycles. The van der Waals surface area contributed by atoms with Crippen molar-refractivity contribution in [3.8, 4) is 0 Å². The Morgan fingerprint density at radius 3 is 2.42 bits per heavy atom. The normalized spacial score (nSPS) is 27.7. The van der Waals surface area contributed by atoms with Gasteiger partial charge in [0.2, 0.25) is 5.91 Å². The third-order valence-corrected chi connectivity index (χ3v) is 9.58. The lowest BCUT2D eigenvalue weighted by Gasteiger charge is -2.42. The summed E-state index contributed by atoms with van der Waals surface area (Å²) in [6.07, 6.45) is 0. The van der Waals surface area contributed by atoms with Gasteiger partial charge in [-0.2, -0.15) is 0 Å². The van der Waals surface area contributed by atoms with E-state index in [0.29, 0.717) is 0 Å². The summed E-state index contributed by atoms with van der Waals surface area (Å²) in [6.45, 7) is 1.90. The van der Waals surface area contributed by atoms with Gasteiger partial charge in [-0.3, -0.25) is 15.1 Å². The fourth-order valence-electron chi connectivity index (χ4n) is 1.79.